The maximum Gasteiger partial charge on any atom is 0.339 e. The molecule has 4 aromatic rings. The number of hydrogen-bond donors (Lipinski definition) is 10. The zero-order valence-corrected chi connectivity index (χ0v) is 22.3. The zero-order valence-electron chi connectivity index (χ0n) is 22.3. The smallest absolute Gasteiger partial charge is 0.339 e. The molecule has 16 nitrogen and oxygen atoms in total. The van der Waals surface area contributed by atoms with Gasteiger partial charge in [-0.15, -0.1) is 0 Å². The van der Waals surface area contributed by atoms with Gasteiger partial charge in [-0.1, -0.05) is 0 Å². The van der Waals surface area contributed by atoms with Crippen molar-refractivity contribution < 1.29 is 74.5 Å². The Morgan fingerprint density at radius 1 is 0.773 bits per heavy atom. The Bertz CT molecular complexity index is 1800. The van der Waals surface area contributed by atoms with Gasteiger partial charge in [0.25, 0.3) is 0 Å². The summed E-state index contributed by atoms with van der Waals surface area (Å²) >= 11 is 0. The minimum absolute atomic E-state index is 0.275. The van der Waals surface area contributed by atoms with E-state index in [0.29, 0.717) is 0 Å². The summed E-state index contributed by atoms with van der Waals surface area (Å²) in [5.74, 6) is -9.22. The third kappa shape index (κ3) is 5.13. The summed E-state index contributed by atoms with van der Waals surface area (Å²) in [4.78, 5) is 26.6. The largest absolute Gasteiger partial charge is 0.508 e. The number of ether oxygens (including phenoxy) is 3. The first-order valence-corrected chi connectivity index (χ1v) is 12.6. The van der Waals surface area contributed by atoms with Gasteiger partial charge in [0.2, 0.25) is 17.5 Å². The summed E-state index contributed by atoms with van der Waals surface area (Å²) in [6.07, 6.45) is -8.63. The lowest BCUT2D eigenvalue weighted by Crippen LogP contribution is -2.60. The summed E-state index contributed by atoms with van der Waals surface area (Å²) < 4.78 is 22.3. The zero-order chi connectivity index (χ0) is 32.2. The van der Waals surface area contributed by atoms with Crippen molar-refractivity contribution in [1.29, 1.82) is 0 Å². The van der Waals surface area contributed by atoms with Gasteiger partial charge in [-0.05, 0) is 31.2 Å². The number of carbonyl (C=O) groups is 1. The van der Waals surface area contributed by atoms with Gasteiger partial charge >= 0.3 is 5.97 Å². The number of phenols is 8. The lowest BCUT2D eigenvalue weighted by Gasteiger charge is -2.40. The van der Waals surface area contributed by atoms with Gasteiger partial charge < -0.3 is 69.7 Å². The van der Waals surface area contributed by atoms with E-state index in [1.807, 2.05) is 0 Å². The molecule has 0 bridgehead atoms. The summed E-state index contributed by atoms with van der Waals surface area (Å²) in [5.41, 5.74) is -2.28. The molecule has 0 spiro atoms. The summed E-state index contributed by atoms with van der Waals surface area (Å²) in [5, 5.41) is 100. The average molecular weight is 616 g/mol. The molecule has 5 rings (SSSR count). The average Bonchev–Trinajstić information content (AvgIpc) is 2.95. The van der Waals surface area contributed by atoms with Crippen molar-refractivity contribution in [2.75, 3.05) is 0 Å². The number of aliphatic hydroxyl groups excluding tert-OH is 2. The van der Waals surface area contributed by atoms with Gasteiger partial charge in [-0.25, -0.2) is 4.79 Å². The van der Waals surface area contributed by atoms with Gasteiger partial charge in [0.1, 0.15) is 34.7 Å². The lowest BCUT2D eigenvalue weighted by molar-refractivity contribution is -0.267. The molecular formula is C28H24O16. The molecule has 0 aliphatic carbocycles. The van der Waals surface area contributed by atoms with Crippen LogP contribution >= 0.6 is 0 Å². The standard InChI is InChI=1S/C28H24O16/c1-8-19(35)23(39)26(43-27(40)10-4-15(33)21(37)16(34)5-10)28(41-8)44-25-22(38)18-12(30)6-11(29)7-17(18)42-24(25)9-2-13(31)20(36)14(32)3-9/h2-8,19,23,26,28-37,39H,1H3/t8-,19-,23+,26-,28-/m0/s1. The SMILES string of the molecule is C[C@@H]1O[C@@H](Oc2c(-c3cc(O)c(O)c(O)c3)oc3cc(O)cc(O)c3c2=O)[C@@H](OC(=O)c2cc(O)c(O)c(O)c2)[C@H](O)[C@H]1O. The molecule has 44 heavy (non-hydrogen) atoms. The van der Waals surface area contributed by atoms with Crippen LogP contribution in [0.25, 0.3) is 22.3 Å². The third-order valence-electron chi connectivity index (χ3n) is 6.82. The first kappa shape index (κ1) is 29.9. The Hall–Kier alpha value is -5.58. The molecule has 0 unspecified atom stereocenters. The van der Waals surface area contributed by atoms with Crippen LogP contribution in [0.3, 0.4) is 0 Å². The Kier molecular flexibility index (Phi) is 7.42. The number of carbonyl (C=O) groups excluding carboxylic acids is 1. The quantitative estimate of drug-likeness (QED) is 0.111. The van der Waals surface area contributed by atoms with Crippen molar-refractivity contribution in [3.8, 4) is 63.1 Å². The molecule has 0 saturated carbocycles. The number of phenolic OH excluding ortho intramolecular Hbond substituents is 8. The molecule has 1 fully saturated rings. The van der Waals surface area contributed by atoms with Crippen LogP contribution in [0.4, 0.5) is 0 Å². The highest BCUT2D eigenvalue weighted by Crippen LogP contribution is 2.43. The molecule has 16 heteroatoms. The topological polar surface area (TPSA) is 277 Å². The monoisotopic (exact) mass is 616 g/mol. The third-order valence-corrected chi connectivity index (χ3v) is 6.82. The summed E-state index contributed by atoms with van der Waals surface area (Å²) in [6.45, 7) is 1.31. The first-order chi connectivity index (χ1) is 20.7. The van der Waals surface area contributed by atoms with Crippen LogP contribution in [0.2, 0.25) is 0 Å². The molecule has 0 amide bonds. The molecule has 2 heterocycles. The van der Waals surface area contributed by atoms with E-state index < -0.39 is 111 Å². The minimum atomic E-state index is -1.93. The van der Waals surface area contributed by atoms with Crippen LogP contribution in [0.5, 0.6) is 51.7 Å². The van der Waals surface area contributed by atoms with Crippen LogP contribution in [-0.2, 0) is 9.47 Å². The molecule has 1 aromatic heterocycles. The van der Waals surface area contributed by atoms with Crippen LogP contribution in [0.15, 0.2) is 45.6 Å². The van der Waals surface area contributed by atoms with Crippen molar-refractivity contribution in [3.05, 3.63) is 52.2 Å². The fourth-order valence-corrected chi connectivity index (χ4v) is 4.55. The Morgan fingerprint density at radius 2 is 1.34 bits per heavy atom. The maximum atomic E-state index is 13.7. The molecule has 10 N–H and O–H groups in total. The second kappa shape index (κ2) is 10.9. The molecule has 3 aromatic carbocycles. The lowest BCUT2D eigenvalue weighted by atomic mass is 9.99. The fourth-order valence-electron chi connectivity index (χ4n) is 4.55. The number of esters is 1. The van der Waals surface area contributed by atoms with Crippen molar-refractivity contribution in [2.45, 2.75) is 37.6 Å². The van der Waals surface area contributed by atoms with Gasteiger partial charge in [0.05, 0.1) is 11.7 Å². The predicted octanol–water partition coefficient (Wildman–Crippen LogP) is 1.18. The normalized spacial score (nSPS) is 21.7. The van der Waals surface area contributed by atoms with Gasteiger partial charge in [0.15, 0.2) is 46.4 Å². The van der Waals surface area contributed by atoms with E-state index in [2.05, 4.69) is 0 Å². The van der Waals surface area contributed by atoms with E-state index >= 15 is 0 Å². The number of hydrogen-bond acceptors (Lipinski definition) is 16. The van der Waals surface area contributed by atoms with E-state index in [4.69, 9.17) is 18.6 Å². The van der Waals surface area contributed by atoms with E-state index in [-0.39, 0.29) is 11.1 Å². The van der Waals surface area contributed by atoms with Crippen molar-refractivity contribution in [3.63, 3.8) is 0 Å². The highest BCUT2D eigenvalue weighted by atomic mass is 16.7. The second-order valence-electron chi connectivity index (χ2n) is 9.83. The Morgan fingerprint density at radius 3 is 1.93 bits per heavy atom. The van der Waals surface area contributed by atoms with E-state index in [1.165, 1.54) is 6.92 Å². The first-order valence-electron chi connectivity index (χ1n) is 12.6. The highest BCUT2D eigenvalue weighted by Gasteiger charge is 2.47. The maximum absolute atomic E-state index is 13.7. The van der Waals surface area contributed by atoms with Gasteiger partial charge in [0, 0.05) is 17.7 Å². The molecule has 232 valence electrons. The number of rotatable bonds is 5. The van der Waals surface area contributed by atoms with Crippen molar-refractivity contribution in [1.82, 2.24) is 0 Å². The molecule has 1 saturated heterocycles. The number of benzene rings is 3. The highest BCUT2D eigenvalue weighted by molar-refractivity contribution is 5.91. The van der Waals surface area contributed by atoms with Gasteiger partial charge in [-0.3, -0.25) is 4.79 Å². The van der Waals surface area contributed by atoms with Crippen LogP contribution in [0, 0.1) is 0 Å². The molecule has 1 aliphatic rings. The predicted molar refractivity (Wildman–Crippen MR) is 144 cm³/mol. The summed E-state index contributed by atoms with van der Waals surface area (Å²) in [6, 6.07) is 5.02. The minimum Gasteiger partial charge on any atom is -0.508 e. The number of aliphatic hydroxyl groups is 2. The van der Waals surface area contributed by atoms with E-state index in [0.717, 1.165) is 36.4 Å². The van der Waals surface area contributed by atoms with Crippen molar-refractivity contribution in [2.24, 2.45) is 0 Å². The molecular weight excluding hydrogens is 592 g/mol. The second-order valence-corrected chi connectivity index (χ2v) is 9.83. The van der Waals surface area contributed by atoms with Crippen LogP contribution in [0.1, 0.15) is 17.3 Å². The Labute approximate surface area is 244 Å². The Balaban J connectivity index is 1.64. The van der Waals surface area contributed by atoms with E-state index in [9.17, 15) is 60.7 Å². The molecule has 1 aliphatic heterocycles. The van der Waals surface area contributed by atoms with Crippen LogP contribution in [-0.4, -0.2) is 87.7 Å². The van der Waals surface area contributed by atoms with Crippen molar-refractivity contribution >= 4 is 16.9 Å². The number of aromatic hydroxyl groups is 8. The van der Waals surface area contributed by atoms with Crippen LogP contribution < -0.4 is 10.2 Å². The fraction of sp³-hybridized carbons (Fsp3) is 0.214. The molecule has 5 atom stereocenters. The summed E-state index contributed by atoms with van der Waals surface area (Å²) in [7, 11) is 0. The van der Waals surface area contributed by atoms with Gasteiger partial charge in [-0.2, -0.15) is 0 Å². The van der Waals surface area contributed by atoms with E-state index in [1.54, 1.807) is 0 Å². The molecule has 0 radical (unpaired) electrons. The number of fused-ring (bicyclic) bond motifs is 1.